The lowest BCUT2D eigenvalue weighted by Crippen LogP contribution is -2.25. The van der Waals surface area contributed by atoms with E-state index in [1.807, 2.05) is 6.07 Å². The Hall–Kier alpha value is -1.98. The molecule has 3 heterocycles. The minimum absolute atomic E-state index is 0.108. The van der Waals surface area contributed by atoms with Crippen LogP contribution in [0.2, 0.25) is 0 Å². The first kappa shape index (κ1) is 15.5. The van der Waals surface area contributed by atoms with E-state index in [2.05, 4.69) is 52.5 Å². The predicted molar refractivity (Wildman–Crippen MR) is 98.6 cm³/mol. The molecule has 2 atom stereocenters. The summed E-state index contributed by atoms with van der Waals surface area (Å²) in [5.41, 5.74) is 1.24. The highest BCUT2D eigenvalue weighted by atomic mass is 32.1. The van der Waals surface area contributed by atoms with E-state index in [9.17, 15) is 0 Å². The molecule has 1 aromatic carbocycles. The van der Waals surface area contributed by atoms with Crippen LogP contribution in [-0.2, 0) is 11.2 Å². The zero-order valence-corrected chi connectivity index (χ0v) is 14.6. The number of nitrogens with one attached hydrogen (secondary N) is 1. The first-order valence-electron chi connectivity index (χ1n) is 8.51. The summed E-state index contributed by atoms with van der Waals surface area (Å²) in [6, 6.07) is 12.8. The largest absolute Gasteiger partial charge is 0.376 e. The fraction of sp³-hybridized carbons (Fsp3) is 0.368. The fourth-order valence-electron chi connectivity index (χ4n) is 3.26. The van der Waals surface area contributed by atoms with Gasteiger partial charge in [0.15, 0.2) is 0 Å². The quantitative estimate of drug-likeness (QED) is 0.739. The van der Waals surface area contributed by atoms with Crippen LogP contribution < -0.4 is 5.32 Å². The molecular formula is C19H21N3OS. The summed E-state index contributed by atoms with van der Waals surface area (Å²) in [6.45, 7) is 3.01. The van der Waals surface area contributed by atoms with Gasteiger partial charge >= 0.3 is 0 Å². The molecule has 0 saturated carbocycles. The number of thiophene rings is 1. The van der Waals surface area contributed by atoms with Crippen LogP contribution in [0.15, 0.2) is 42.7 Å². The monoisotopic (exact) mass is 339 g/mol. The fourth-order valence-corrected chi connectivity index (χ4v) is 4.19. The highest BCUT2D eigenvalue weighted by Gasteiger charge is 2.28. The lowest BCUT2D eigenvalue weighted by atomic mass is 9.99. The third-order valence-corrected chi connectivity index (χ3v) is 5.70. The molecule has 0 spiro atoms. The SMILES string of the molecule is CCc1cc2c(N[C@@H](c3ccccc3)[C@@H]3CCCO3)ncnc2s1. The van der Waals surface area contributed by atoms with E-state index in [1.54, 1.807) is 17.7 Å². The zero-order chi connectivity index (χ0) is 16.4. The molecule has 1 aliphatic heterocycles. The van der Waals surface area contributed by atoms with E-state index in [-0.39, 0.29) is 12.1 Å². The summed E-state index contributed by atoms with van der Waals surface area (Å²) in [5.74, 6) is 0.903. The molecule has 1 fully saturated rings. The second kappa shape index (κ2) is 6.87. The van der Waals surface area contributed by atoms with Crippen molar-refractivity contribution in [1.29, 1.82) is 0 Å². The lowest BCUT2D eigenvalue weighted by Gasteiger charge is -2.25. The maximum absolute atomic E-state index is 5.98. The van der Waals surface area contributed by atoms with E-state index in [0.29, 0.717) is 0 Å². The smallest absolute Gasteiger partial charge is 0.138 e. The summed E-state index contributed by atoms with van der Waals surface area (Å²) < 4.78 is 5.98. The first-order chi connectivity index (χ1) is 11.8. The van der Waals surface area contributed by atoms with Crippen LogP contribution in [0.4, 0.5) is 5.82 Å². The average Bonchev–Trinajstić information content (AvgIpc) is 3.30. The van der Waals surface area contributed by atoms with E-state index < -0.39 is 0 Å². The van der Waals surface area contributed by atoms with Crippen molar-refractivity contribution in [1.82, 2.24) is 9.97 Å². The van der Waals surface area contributed by atoms with Gasteiger partial charge in [-0.2, -0.15) is 0 Å². The summed E-state index contributed by atoms with van der Waals surface area (Å²) in [5, 5.41) is 4.76. The summed E-state index contributed by atoms with van der Waals surface area (Å²) >= 11 is 1.74. The number of hydrogen-bond donors (Lipinski definition) is 1. The van der Waals surface area contributed by atoms with Gasteiger partial charge < -0.3 is 10.1 Å². The lowest BCUT2D eigenvalue weighted by molar-refractivity contribution is 0.0953. The maximum atomic E-state index is 5.98. The molecule has 5 heteroatoms. The number of benzene rings is 1. The maximum Gasteiger partial charge on any atom is 0.138 e. The van der Waals surface area contributed by atoms with Crippen LogP contribution in [0.3, 0.4) is 0 Å². The molecule has 4 nitrogen and oxygen atoms in total. The highest BCUT2D eigenvalue weighted by molar-refractivity contribution is 7.18. The van der Waals surface area contributed by atoms with Gasteiger partial charge in [0.2, 0.25) is 0 Å². The van der Waals surface area contributed by atoms with Crippen molar-refractivity contribution in [2.45, 2.75) is 38.3 Å². The molecule has 24 heavy (non-hydrogen) atoms. The topological polar surface area (TPSA) is 47.0 Å². The number of nitrogens with zero attached hydrogens (tertiary/aromatic N) is 2. The number of aromatic nitrogens is 2. The third kappa shape index (κ3) is 3.01. The van der Waals surface area contributed by atoms with Crippen LogP contribution in [0.25, 0.3) is 10.2 Å². The Balaban J connectivity index is 1.71. The number of rotatable bonds is 5. The van der Waals surface area contributed by atoms with Gasteiger partial charge in [-0.05, 0) is 30.9 Å². The van der Waals surface area contributed by atoms with Crippen molar-refractivity contribution < 1.29 is 4.74 Å². The Kier molecular flexibility index (Phi) is 4.45. The third-order valence-electron chi connectivity index (χ3n) is 4.52. The highest BCUT2D eigenvalue weighted by Crippen LogP contribution is 2.34. The van der Waals surface area contributed by atoms with Crippen molar-refractivity contribution in [2.24, 2.45) is 0 Å². The predicted octanol–water partition coefficient (Wildman–Crippen LogP) is 4.59. The van der Waals surface area contributed by atoms with E-state index in [1.165, 1.54) is 10.4 Å². The Morgan fingerprint density at radius 2 is 2.17 bits per heavy atom. The molecule has 0 aliphatic carbocycles. The van der Waals surface area contributed by atoms with Gasteiger partial charge in [-0.3, -0.25) is 0 Å². The van der Waals surface area contributed by atoms with Gasteiger partial charge in [-0.15, -0.1) is 11.3 Å². The summed E-state index contributed by atoms with van der Waals surface area (Å²) in [7, 11) is 0. The second-order valence-corrected chi connectivity index (χ2v) is 7.21. The zero-order valence-electron chi connectivity index (χ0n) is 13.7. The number of ether oxygens (including phenoxy) is 1. The molecule has 4 rings (SSSR count). The van der Waals surface area contributed by atoms with Gasteiger partial charge in [-0.25, -0.2) is 9.97 Å². The first-order valence-corrected chi connectivity index (χ1v) is 9.33. The number of aryl methyl sites for hydroxylation is 1. The Bertz CT molecular complexity index is 812. The van der Waals surface area contributed by atoms with Gasteiger partial charge in [0, 0.05) is 11.5 Å². The summed E-state index contributed by atoms with van der Waals surface area (Å²) in [4.78, 5) is 11.3. The van der Waals surface area contributed by atoms with E-state index >= 15 is 0 Å². The van der Waals surface area contributed by atoms with Crippen molar-refractivity contribution in [3.8, 4) is 0 Å². The van der Waals surface area contributed by atoms with Gasteiger partial charge in [0.05, 0.1) is 17.5 Å². The minimum atomic E-state index is 0.108. The van der Waals surface area contributed by atoms with Crippen LogP contribution in [0.1, 0.15) is 36.2 Å². The molecule has 1 N–H and O–H groups in total. The molecule has 1 aliphatic rings. The molecule has 0 bridgehead atoms. The Morgan fingerprint density at radius 1 is 1.29 bits per heavy atom. The molecule has 0 radical (unpaired) electrons. The molecule has 0 unspecified atom stereocenters. The van der Waals surface area contributed by atoms with Crippen LogP contribution in [0.5, 0.6) is 0 Å². The Morgan fingerprint density at radius 3 is 2.92 bits per heavy atom. The second-order valence-electron chi connectivity index (χ2n) is 6.09. The molecule has 2 aromatic heterocycles. The van der Waals surface area contributed by atoms with E-state index in [4.69, 9.17) is 4.74 Å². The summed E-state index contributed by atoms with van der Waals surface area (Å²) in [6.07, 6.45) is 5.05. The van der Waals surface area contributed by atoms with Gasteiger partial charge in [-0.1, -0.05) is 37.3 Å². The van der Waals surface area contributed by atoms with E-state index in [0.717, 1.165) is 41.9 Å². The molecular weight excluding hydrogens is 318 g/mol. The molecule has 1 saturated heterocycles. The van der Waals surface area contributed by atoms with Crippen LogP contribution in [0, 0.1) is 0 Å². The standard InChI is InChI=1S/C19H21N3OS/c1-2-14-11-15-18(20-12-21-19(15)24-14)22-17(16-9-6-10-23-16)13-7-4-3-5-8-13/h3-5,7-8,11-12,16-17H,2,6,9-10H2,1H3,(H,20,21,22)/t16-,17-/m0/s1. The number of hydrogen-bond acceptors (Lipinski definition) is 5. The number of fused-ring (bicyclic) bond motifs is 1. The van der Waals surface area contributed by atoms with Gasteiger partial charge in [0.25, 0.3) is 0 Å². The van der Waals surface area contributed by atoms with Gasteiger partial charge in [0.1, 0.15) is 17.0 Å². The van der Waals surface area contributed by atoms with Crippen LogP contribution >= 0.6 is 11.3 Å². The van der Waals surface area contributed by atoms with Crippen molar-refractivity contribution in [2.75, 3.05) is 11.9 Å². The molecule has 3 aromatic rings. The van der Waals surface area contributed by atoms with Crippen LogP contribution in [-0.4, -0.2) is 22.7 Å². The van der Waals surface area contributed by atoms with Crippen molar-refractivity contribution in [3.63, 3.8) is 0 Å². The number of anilines is 1. The Labute approximate surface area is 145 Å². The minimum Gasteiger partial charge on any atom is -0.376 e. The van der Waals surface area contributed by atoms with Crippen molar-refractivity contribution in [3.05, 3.63) is 53.2 Å². The van der Waals surface area contributed by atoms with Crippen molar-refractivity contribution >= 4 is 27.4 Å². The average molecular weight is 339 g/mol. The molecule has 0 amide bonds. The normalized spacial score (nSPS) is 18.8. The molecule has 124 valence electrons.